The number of hydrogen-bond donors (Lipinski definition) is 1. The van der Waals surface area contributed by atoms with Crippen LogP contribution in [0.1, 0.15) is 50.6 Å². The summed E-state index contributed by atoms with van der Waals surface area (Å²) in [4.78, 5) is 4.11. The fraction of sp³-hybridized carbons (Fsp3) is 0.706. The lowest BCUT2D eigenvalue weighted by molar-refractivity contribution is 0.200. The summed E-state index contributed by atoms with van der Waals surface area (Å²) in [6.07, 6.45) is 11.3. The molecule has 2 nitrogen and oxygen atoms in total. The van der Waals surface area contributed by atoms with Gasteiger partial charge in [0.1, 0.15) is 0 Å². The molecule has 1 aromatic heterocycles. The van der Waals surface area contributed by atoms with Gasteiger partial charge in [0.15, 0.2) is 0 Å². The van der Waals surface area contributed by atoms with Crippen LogP contribution in [0.4, 0.5) is 0 Å². The van der Waals surface area contributed by atoms with Crippen molar-refractivity contribution in [3.05, 3.63) is 30.1 Å². The van der Waals surface area contributed by atoms with Crippen LogP contribution >= 0.6 is 0 Å². The van der Waals surface area contributed by atoms with Crippen LogP contribution in [-0.2, 0) is 0 Å². The SMILES string of the molecule is C[C@@H](NC1CC2CC1C1CCCC21)c1ccncc1. The van der Waals surface area contributed by atoms with Crippen LogP contribution in [0.2, 0.25) is 0 Å². The molecule has 3 fully saturated rings. The maximum atomic E-state index is 4.11. The third-order valence-corrected chi connectivity index (χ3v) is 6.10. The average Bonchev–Trinajstić information content (AvgIpc) is 3.11. The van der Waals surface area contributed by atoms with Crippen molar-refractivity contribution in [1.29, 1.82) is 0 Å². The van der Waals surface area contributed by atoms with E-state index in [0.717, 1.165) is 29.7 Å². The quantitative estimate of drug-likeness (QED) is 0.894. The van der Waals surface area contributed by atoms with Gasteiger partial charge in [-0.05, 0) is 74.0 Å². The molecule has 3 aliphatic rings. The smallest absolute Gasteiger partial charge is 0.0295 e. The molecule has 4 rings (SSSR count). The number of nitrogens with one attached hydrogen (secondary N) is 1. The molecule has 0 aliphatic heterocycles. The highest BCUT2D eigenvalue weighted by molar-refractivity contribution is 5.15. The third kappa shape index (κ3) is 1.92. The van der Waals surface area contributed by atoms with Crippen molar-refractivity contribution in [3.63, 3.8) is 0 Å². The van der Waals surface area contributed by atoms with E-state index in [9.17, 15) is 0 Å². The molecule has 0 amide bonds. The van der Waals surface area contributed by atoms with E-state index in [2.05, 4.69) is 29.4 Å². The Balaban J connectivity index is 1.45. The van der Waals surface area contributed by atoms with E-state index in [4.69, 9.17) is 0 Å². The Labute approximate surface area is 116 Å². The van der Waals surface area contributed by atoms with Gasteiger partial charge in [0.05, 0.1) is 0 Å². The number of pyridine rings is 1. The molecule has 1 heterocycles. The molecule has 6 atom stereocenters. The van der Waals surface area contributed by atoms with E-state index in [0.29, 0.717) is 6.04 Å². The maximum absolute atomic E-state index is 4.11. The molecule has 2 bridgehead atoms. The summed E-state index contributed by atoms with van der Waals surface area (Å²) in [5.41, 5.74) is 1.38. The van der Waals surface area contributed by atoms with Gasteiger partial charge in [0.2, 0.25) is 0 Å². The first-order valence-corrected chi connectivity index (χ1v) is 7.99. The van der Waals surface area contributed by atoms with E-state index in [1.54, 1.807) is 0 Å². The summed E-state index contributed by atoms with van der Waals surface area (Å²) < 4.78 is 0. The summed E-state index contributed by atoms with van der Waals surface area (Å²) in [5, 5.41) is 3.91. The van der Waals surface area contributed by atoms with Gasteiger partial charge >= 0.3 is 0 Å². The number of rotatable bonds is 3. The third-order valence-electron chi connectivity index (χ3n) is 6.10. The molecular formula is C17H24N2. The van der Waals surface area contributed by atoms with Crippen molar-refractivity contribution in [2.45, 2.75) is 51.1 Å². The van der Waals surface area contributed by atoms with Crippen LogP contribution in [0, 0.1) is 23.7 Å². The normalized spacial score (nSPS) is 41.4. The Morgan fingerprint density at radius 1 is 1.11 bits per heavy atom. The van der Waals surface area contributed by atoms with Crippen molar-refractivity contribution < 1.29 is 0 Å². The number of fused-ring (bicyclic) bond motifs is 5. The number of aromatic nitrogens is 1. The second kappa shape index (κ2) is 4.59. The zero-order valence-corrected chi connectivity index (χ0v) is 11.8. The Morgan fingerprint density at radius 2 is 1.89 bits per heavy atom. The van der Waals surface area contributed by atoms with Crippen LogP contribution in [0.25, 0.3) is 0 Å². The van der Waals surface area contributed by atoms with Crippen molar-refractivity contribution in [1.82, 2.24) is 10.3 Å². The molecule has 1 N–H and O–H groups in total. The fourth-order valence-corrected chi connectivity index (χ4v) is 5.33. The molecule has 3 aliphatic carbocycles. The zero-order chi connectivity index (χ0) is 12.8. The molecule has 0 aromatic carbocycles. The highest BCUT2D eigenvalue weighted by atomic mass is 15.0. The van der Waals surface area contributed by atoms with Crippen molar-refractivity contribution in [2.75, 3.05) is 0 Å². The van der Waals surface area contributed by atoms with Crippen LogP contribution in [0.5, 0.6) is 0 Å². The second-order valence-electron chi connectivity index (χ2n) is 6.93. The molecule has 2 heteroatoms. The molecule has 1 aromatic rings. The van der Waals surface area contributed by atoms with Gasteiger partial charge in [0, 0.05) is 24.5 Å². The highest BCUT2D eigenvalue weighted by Gasteiger charge is 2.53. The van der Waals surface area contributed by atoms with Crippen LogP contribution in [-0.4, -0.2) is 11.0 Å². The van der Waals surface area contributed by atoms with Crippen molar-refractivity contribution in [3.8, 4) is 0 Å². The maximum Gasteiger partial charge on any atom is 0.0295 e. The lowest BCUT2D eigenvalue weighted by Gasteiger charge is -2.34. The first kappa shape index (κ1) is 11.9. The highest BCUT2D eigenvalue weighted by Crippen LogP contribution is 2.58. The van der Waals surface area contributed by atoms with E-state index in [1.165, 1.54) is 37.7 Å². The Kier molecular flexibility index (Phi) is 2.87. The lowest BCUT2D eigenvalue weighted by Crippen LogP contribution is -2.40. The average molecular weight is 256 g/mol. The summed E-state index contributed by atoms with van der Waals surface area (Å²) in [5.74, 6) is 4.17. The minimum absolute atomic E-state index is 0.465. The van der Waals surface area contributed by atoms with E-state index >= 15 is 0 Å². The van der Waals surface area contributed by atoms with Gasteiger partial charge < -0.3 is 5.32 Å². The van der Waals surface area contributed by atoms with Gasteiger partial charge in [-0.2, -0.15) is 0 Å². The Morgan fingerprint density at radius 3 is 2.74 bits per heavy atom. The van der Waals surface area contributed by atoms with Gasteiger partial charge in [-0.1, -0.05) is 6.42 Å². The van der Waals surface area contributed by atoms with Crippen LogP contribution in [0.15, 0.2) is 24.5 Å². The lowest BCUT2D eigenvalue weighted by atomic mass is 9.79. The van der Waals surface area contributed by atoms with E-state index in [1.807, 2.05) is 12.4 Å². The second-order valence-corrected chi connectivity index (χ2v) is 6.93. The van der Waals surface area contributed by atoms with Gasteiger partial charge in [-0.15, -0.1) is 0 Å². The standard InChI is InChI=1S/C17H24N2/c1-11(12-5-7-18-8-6-12)19-17-10-13-9-16(17)15-4-2-3-14(13)15/h5-8,11,13-17,19H,2-4,9-10H2,1H3/t11-,13?,14?,15?,16?,17?/m1/s1. The van der Waals surface area contributed by atoms with Gasteiger partial charge in [-0.3, -0.25) is 4.98 Å². The van der Waals surface area contributed by atoms with Crippen molar-refractivity contribution >= 4 is 0 Å². The molecular weight excluding hydrogens is 232 g/mol. The first-order chi connectivity index (χ1) is 9.33. The van der Waals surface area contributed by atoms with Crippen molar-refractivity contribution in [2.24, 2.45) is 23.7 Å². The summed E-state index contributed by atoms with van der Waals surface area (Å²) in [6, 6.07) is 5.52. The van der Waals surface area contributed by atoms with Gasteiger partial charge in [-0.25, -0.2) is 0 Å². The van der Waals surface area contributed by atoms with Gasteiger partial charge in [0.25, 0.3) is 0 Å². The number of nitrogens with zero attached hydrogens (tertiary/aromatic N) is 1. The Bertz CT molecular complexity index is 444. The minimum Gasteiger partial charge on any atom is -0.307 e. The molecule has 5 unspecified atom stereocenters. The topological polar surface area (TPSA) is 24.9 Å². The summed E-state index contributed by atoms with van der Waals surface area (Å²) >= 11 is 0. The fourth-order valence-electron chi connectivity index (χ4n) is 5.33. The molecule has 3 saturated carbocycles. The molecule has 0 spiro atoms. The zero-order valence-electron chi connectivity index (χ0n) is 11.8. The van der Waals surface area contributed by atoms with E-state index in [-0.39, 0.29) is 0 Å². The Hall–Kier alpha value is -0.890. The number of hydrogen-bond acceptors (Lipinski definition) is 2. The predicted molar refractivity (Wildman–Crippen MR) is 76.6 cm³/mol. The summed E-state index contributed by atoms with van der Waals surface area (Å²) in [6.45, 7) is 2.30. The molecule has 0 radical (unpaired) electrons. The summed E-state index contributed by atoms with van der Waals surface area (Å²) in [7, 11) is 0. The van der Waals surface area contributed by atoms with Crippen LogP contribution < -0.4 is 5.32 Å². The monoisotopic (exact) mass is 256 g/mol. The molecule has 19 heavy (non-hydrogen) atoms. The van der Waals surface area contributed by atoms with Crippen LogP contribution in [0.3, 0.4) is 0 Å². The minimum atomic E-state index is 0.465. The van der Waals surface area contributed by atoms with E-state index < -0.39 is 0 Å². The first-order valence-electron chi connectivity index (χ1n) is 7.99. The molecule has 102 valence electrons. The molecule has 0 saturated heterocycles. The largest absolute Gasteiger partial charge is 0.307 e. The predicted octanol–water partition coefficient (Wildman–Crippen LogP) is 3.56.